The molecule has 1 aromatic carbocycles. The molecule has 1 unspecified atom stereocenters. The fourth-order valence-corrected chi connectivity index (χ4v) is 3.19. The van der Waals surface area contributed by atoms with Crippen LogP contribution >= 0.6 is 0 Å². The average Bonchev–Trinajstić information content (AvgIpc) is 2.67. The van der Waals surface area contributed by atoms with E-state index in [0.717, 1.165) is 5.56 Å². The van der Waals surface area contributed by atoms with Crippen LogP contribution in [0.2, 0.25) is 0 Å². The van der Waals surface area contributed by atoms with E-state index in [-0.39, 0.29) is 17.9 Å². The molecule has 3 rings (SSSR count). The van der Waals surface area contributed by atoms with E-state index < -0.39 is 0 Å². The molecule has 1 fully saturated rings. The minimum atomic E-state index is -0.154. The van der Waals surface area contributed by atoms with Gasteiger partial charge in [0.15, 0.2) is 0 Å². The molecule has 1 atom stereocenters. The summed E-state index contributed by atoms with van der Waals surface area (Å²) in [5.74, 6) is 0.201. The van der Waals surface area contributed by atoms with Crippen LogP contribution in [0.5, 0.6) is 5.88 Å². The van der Waals surface area contributed by atoms with Gasteiger partial charge in [0.25, 0.3) is 5.91 Å². The molecule has 2 amide bonds. The number of piperazine rings is 1. The highest BCUT2D eigenvalue weighted by Crippen LogP contribution is 2.27. The van der Waals surface area contributed by atoms with Gasteiger partial charge in [-0.3, -0.25) is 9.59 Å². The molecule has 6 heteroatoms. The van der Waals surface area contributed by atoms with Crippen LogP contribution in [0.25, 0.3) is 0 Å². The maximum absolute atomic E-state index is 12.9. The molecule has 1 saturated heterocycles. The van der Waals surface area contributed by atoms with Crippen molar-refractivity contribution >= 4 is 11.8 Å². The Morgan fingerprint density at radius 3 is 2.56 bits per heavy atom. The smallest absolute Gasteiger partial charge is 0.259 e. The van der Waals surface area contributed by atoms with Gasteiger partial charge < -0.3 is 14.5 Å². The second-order valence-corrected chi connectivity index (χ2v) is 5.95. The minimum Gasteiger partial charge on any atom is -0.480 e. The molecule has 1 aromatic heterocycles. The molecule has 0 spiro atoms. The summed E-state index contributed by atoms with van der Waals surface area (Å²) in [7, 11) is 1.50. The molecule has 25 heavy (non-hydrogen) atoms. The van der Waals surface area contributed by atoms with Crippen LogP contribution < -0.4 is 4.74 Å². The zero-order valence-electron chi connectivity index (χ0n) is 14.4. The number of amides is 2. The Labute approximate surface area is 147 Å². The summed E-state index contributed by atoms with van der Waals surface area (Å²) >= 11 is 0. The predicted octanol–water partition coefficient (Wildman–Crippen LogP) is 2.14. The Morgan fingerprint density at radius 2 is 1.88 bits per heavy atom. The maximum atomic E-state index is 12.9. The summed E-state index contributed by atoms with van der Waals surface area (Å²) in [6.45, 7) is 3.00. The molecule has 0 aliphatic carbocycles. The number of carbonyl (C=O) groups is 2. The Bertz CT molecular complexity index is 764. The molecule has 2 heterocycles. The van der Waals surface area contributed by atoms with Crippen LogP contribution in [-0.4, -0.2) is 53.3 Å². The lowest BCUT2D eigenvalue weighted by atomic mass is 10.0. The Morgan fingerprint density at radius 1 is 1.12 bits per heavy atom. The van der Waals surface area contributed by atoms with Crippen molar-refractivity contribution in [2.75, 3.05) is 26.7 Å². The summed E-state index contributed by atoms with van der Waals surface area (Å²) in [5.41, 5.74) is 1.46. The third-order valence-corrected chi connectivity index (χ3v) is 4.45. The van der Waals surface area contributed by atoms with Crippen LogP contribution in [0, 0.1) is 0 Å². The molecular weight excluding hydrogens is 318 g/mol. The fourth-order valence-electron chi connectivity index (χ4n) is 3.19. The SMILES string of the molecule is COc1ncccc1C(=O)N1CCN(C(C)=O)C(c2ccccc2)C1. The molecule has 1 aliphatic heterocycles. The number of aromatic nitrogens is 1. The number of rotatable bonds is 3. The standard InChI is InChI=1S/C19H21N3O3/c1-14(23)22-12-11-21(13-17(22)15-7-4-3-5-8-15)19(24)16-9-6-10-20-18(16)25-2/h3-10,17H,11-13H2,1-2H3. The third-order valence-electron chi connectivity index (χ3n) is 4.45. The van der Waals surface area contributed by atoms with Gasteiger partial charge in [0.1, 0.15) is 5.56 Å². The van der Waals surface area contributed by atoms with Gasteiger partial charge in [0.05, 0.1) is 13.2 Å². The second-order valence-electron chi connectivity index (χ2n) is 5.95. The van der Waals surface area contributed by atoms with Gasteiger partial charge in [-0.05, 0) is 17.7 Å². The highest BCUT2D eigenvalue weighted by Gasteiger charge is 2.33. The van der Waals surface area contributed by atoms with Gasteiger partial charge in [-0.2, -0.15) is 0 Å². The number of hydrogen-bond acceptors (Lipinski definition) is 4. The number of nitrogens with zero attached hydrogens (tertiary/aromatic N) is 3. The summed E-state index contributed by atoms with van der Waals surface area (Å²) in [5, 5.41) is 0. The van der Waals surface area contributed by atoms with Crippen molar-refractivity contribution in [3.63, 3.8) is 0 Å². The zero-order valence-corrected chi connectivity index (χ0v) is 14.4. The predicted molar refractivity (Wildman–Crippen MR) is 93.3 cm³/mol. The molecular formula is C19H21N3O3. The molecule has 0 saturated carbocycles. The summed E-state index contributed by atoms with van der Waals surface area (Å²) in [6.07, 6.45) is 1.59. The van der Waals surface area contributed by atoms with Crippen molar-refractivity contribution in [1.29, 1.82) is 0 Å². The first-order valence-electron chi connectivity index (χ1n) is 8.22. The van der Waals surface area contributed by atoms with Crippen molar-refractivity contribution in [1.82, 2.24) is 14.8 Å². The zero-order chi connectivity index (χ0) is 17.8. The van der Waals surface area contributed by atoms with E-state index in [1.54, 1.807) is 30.2 Å². The maximum Gasteiger partial charge on any atom is 0.259 e. The first-order chi connectivity index (χ1) is 12.1. The van der Waals surface area contributed by atoms with E-state index in [1.165, 1.54) is 7.11 Å². The number of hydrogen-bond donors (Lipinski definition) is 0. The van der Waals surface area contributed by atoms with Crippen LogP contribution in [0.3, 0.4) is 0 Å². The monoisotopic (exact) mass is 339 g/mol. The van der Waals surface area contributed by atoms with Gasteiger partial charge in [0, 0.05) is 32.8 Å². The van der Waals surface area contributed by atoms with Crippen molar-refractivity contribution in [2.45, 2.75) is 13.0 Å². The van der Waals surface area contributed by atoms with E-state index in [0.29, 0.717) is 31.1 Å². The lowest BCUT2D eigenvalue weighted by Crippen LogP contribution is -2.51. The molecule has 2 aromatic rings. The van der Waals surface area contributed by atoms with E-state index in [1.807, 2.05) is 35.2 Å². The fraction of sp³-hybridized carbons (Fsp3) is 0.316. The summed E-state index contributed by atoms with van der Waals surface area (Å²) < 4.78 is 5.20. The van der Waals surface area contributed by atoms with Gasteiger partial charge in [-0.15, -0.1) is 0 Å². The van der Waals surface area contributed by atoms with E-state index in [9.17, 15) is 9.59 Å². The molecule has 6 nitrogen and oxygen atoms in total. The second kappa shape index (κ2) is 7.34. The first kappa shape index (κ1) is 17.0. The lowest BCUT2D eigenvalue weighted by molar-refractivity contribution is -0.133. The van der Waals surface area contributed by atoms with Gasteiger partial charge >= 0.3 is 0 Å². The van der Waals surface area contributed by atoms with Crippen LogP contribution in [0.15, 0.2) is 48.7 Å². The van der Waals surface area contributed by atoms with Crippen molar-refractivity contribution in [2.24, 2.45) is 0 Å². The highest BCUT2D eigenvalue weighted by molar-refractivity contribution is 5.96. The minimum absolute atomic E-state index is 0.0138. The first-order valence-corrected chi connectivity index (χ1v) is 8.22. The number of pyridine rings is 1. The van der Waals surface area contributed by atoms with E-state index in [4.69, 9.17) is 4.74 Å². The molecule has 1 aliphatic rings. The quantitative estimate of drug-likeness (QED) is 0.859. The molecule has 0 N–H and O–H groups in total. The highest BCUT2D eigenvalue weighted by atomic mass is 16.5. The van der Waals surface area contributed by atoms with E-state index in [2.05, 4.69) is 4.98 Å². The van der Waals surface area contributed by atoms with Crippen LogP contribution in [0.1, 0.15) is 28.9 Å². The molecule has 130 valence electrons. The molecule has 0 radical (unpaired) electrons. The Kier molecular flexibility index (Phi) is 4.97. The average molecular weight is 339 g/mol. The van der Waals surface area contributed by atoms with E-state index >= 15 is 0 Å². The molecule has 0 bridgehead atoms. The van der Waals surface area contributed by atoms with Crippen LogP contribution in [-0.2, 0) is 4.79 Å². The van der Waals surface area contributed by atoms with Crippen LogP contribution in [0.4, 0.5) is 0 Å². The van der Waals surface area contributed by atoms with Crippen molar-refractivity contribution in [3.8, 4) is 5.88 Å². The number of ether oxygens (including phenoxy) is 1. The normalized spacial score (nSPS) is 17.3. The Balaban J connectivity index is 1.87. The largest absolute Gasteiger partial charge is 0.480 e. The summed E-state index contributed by atoms with van der Waals surface area (Å²) in [6, 6.07) is 13.1. The van der Waals surface area contributed by atoms with Gasteiger partial charge in [0.2, 0.25) is 11.8 Å². The number of carbonyl (C=O) groups excluding carboxylic acids is 2. The van der Waals surface area contributed by atoms with Crippen molar-refractivity contribution in [3.05, 3.63) is 59.8 Å². The number of methoxy groups -OCH3 is 1. The van der Waals surface area contributed by atoms with Gasteiger partial charge in [-0.25, -0.2) is 4.98 Å². The van der Waals surface area contributed by atoms with Gasteiger partial charge in [-0.1, -0.05) is 30.3 Å². The summed E-state index contributed by atoms with van der Waals surface area (Å²) in [4.78, 5) is 32.6. The Hall–Kier alpha value is -2.89. The van der Waals surface area contributed by atoms with Crippen molar-refractivity contribution < 1.29 is 14.3 Å². The topological polar surface area (TPSA) is 62.7 Å². The third kappa shape index (κ3) is 3.47. The number of benzene rings is 1. The lowest BCUT2D eigenvalue weighted by Gasteiger charge is -2.41.